The first-order chi connectivity index (χ1) is 19.9. The number of rotatable bonds is 7. The van der Waals surface area contributed by atoms with Gasteiger partial charge in [0.2, 0.25) is 0 Å². The summed E-state index contributed by atoms with van der Waals surface area (Å²) in [6.45, 7) is 17.4. The van der Waals surface area contributed by atoms with Crippen LogP contribution in [0.15, 0.2) is 48.8 Å². The van der Waals surface area contributed by atoms with Crippen LogP contribution < -0.4 is 5.32 Å². The Bertz CT molecular complexity index is 1430. The summed E-state index contributed by atoms with van der Waals surface area (Å²) >= 11 is 0. The van der Waals surface area contributed by atoms with E-state index in [9.17, 15) is 9.59 Å². The lowest BCUT2D eigenvalue weighted by molar-refractivity contribution is -0.127. The smallest absolute Gasteiger partial charge is 0.335 e. The molecule has 2 saturated heterocycles. The largest absolute Gasteiger partial charge is 0.414 e. The average molecular weight is 611 g/mol. The molecule has 1 amide bonds. The number of nitrogens with zero attached hydrogens (tertiary/aromatic N) is 3. The van der Waals surface area contributed by atoms with Gasteiger partial charge in [-0.15, -0.1) is 0 Å². The molecule has 4 heterocycles. The third-order valence-corrected chi connectivity index (χ3v) is 18.8. The number of carbonyl (C=O) groups excluding carboxylic acids is 2. The molecule has 42 heavy (non-hydrogen) atoms. The Morgan fingerprint density at radius 2 is 1.57 bits per heavy atom. The van der Waals surface area contributed by atoms with Crippen LogP contribution in [0.2, 0.25) is 22.2 Å². The summed E-state index contributed by atoms with van der Waals surface area (Å²) in [6.07, 6.45) is -0.961. The quantitative estimate of drug-likeness (QED) is 0.327. The molecular weight excluding hydrogens is 569 g/mol. The Morgan fingerprint density at radius 3 is 2.19 bits per heavy atom. The van der Waals surface area contributed by atoms with Crippen LogP contribution in [-0.4, -0.2) is 62.2 Å². The standard InChI is InChI=1S/C30H42N4O6Si2/c1-18(2)41(19(3)4)37-16-25-28(39-42(40-41,20(5)6)21(7)8)26(35)27(38-25)23-14-15-24-29(31-17-32-34(23)24)33-30(36)22-12-10-9-11-13-22/h9-15,17-21,25,27-28H,16H2,1-8H3,(H,31,32,33,36)/t25-,27+,28-/m1/s1. The molecule has 0 spiro atoms. The second-order valence-electron chi connectivity index (χ2n) is 12.5. The van der Waals surface area contributed by atoms with Gasteiger partial charge in [-0.1, -0.05) is 73.6 Å². The van der Waals surface area contributed by atoms with Gasteiger partial charge in [0.1, 0.15) is 24.1 Å². The van der Waals surface area contributed by atoms with Crippen molar-refractivity contribution in [1.82, 2.24) is 14.6 Å². The molecule has 2 fully saturated rings. The number of carbonyl (C=O) groups is 2. The van der Waals surface area contributed by atoms with Crippen molar-refractivity contribution in [1.29, 1.82) is 0 Å². The van der Waals surface area contributed by atoms with Gasteiger partial charge in [-0.2, -0.15) is 5.10 Å². The Kier molecular flexibility index (Phi) is 8.58. The first-order valence-corrected chi connectivity index (χ1v) is 18.8. The van der Waals surface area contributed by atoms with E-state index >= 15 is 0 Å². The maximum Gasteiger partial charge on any atom is 0.335 e. The molecule has 0 unspecified atom stereocenters. The first-order valence-electron chi connectivity index (χ1n) is 14.8. The van der Waals surface area contributed by atoms with Crippen molar-refractivity contribution >= 4 is 40.1 Å². The molecule has 226 valence electrons. The second-order valence-corrected chi connectivity index (χ2v) is 21.3. The minimum absolute atomic E-state index is 0.0914. The molecular formula is C30H42N4O6Si2. The molecule has 3 atom stereocenters. The lowest BCUT2D eigenvalue weighted by Gasteiger charge is -2.50. The molecule has 0 radical (unpaired) electrons. The molecule has 3 aromatic rings. The summed E-state index contributed by atoms with van der Waals surface area (Å²) in [6, 6.07) is 12.5. The van der Waals surface area contributed by atoms with Gasteiger partial charge in [0.05, 0.1) is 12.3 Å². The highest BCUT2D eigenvalue weighted by molar-refractivity contribution is 6.84. The van der Waals surface area contributed by atoms with E-state index in [1.54, 1.807) is 40.9 Å². The summed E-state index contributed by atoms with van der Waals surface area (Å²) in [5, 5.41) is 7.27. The Balaban J connectivity index is 1.50. The van der Waals surface area contributed by atoms with Crippen LogP contribution in [0.5, 0.6) is 0 Å². The number of amides is 1. The maximum atomic E-state index is 14.1. The molecule has 12 heteroatoms. The fourth-order valence-electron chi connectivity index (χ4n) is 6.26. The maximum absolute atomic E-state index is 14.1. The molecule has 2 aromatic heterocycles. The van der Waals surface area contributed by atoms with E-state index in [2.05, 4.69) is 70.8 Å². The van der Waals surface area contributed by atoms with Crippen molar-refractivity contribution in [2.75, 3.05) is 11.9 Å². The zero-order valence-corrected chi connectivity index (χ0v) is 27.7. The lowest BCUT2D eigenvalue weighted by Crippen LogP contribution is -2.65. The highest BCUT2D eigenvalue weighted by Gasteiger charge is 2.61. The van der Waals surface area contributed by atoms with Gasteiger partial charge in [0.25, 0.3) is 5.91 Å². The van der Waals surface area contributed by atoms with Gasteiger partial charge in [0.15, 0.2) is 17.7 Å². The molecule has 0 aliphatic carbocycles. The van der Waals surface area contributed by atoms with Crippen LogP contribution in [-0.2, 0) is 22.5 Å². The Labute approximate surface area is 249 Å². The number of hydrogen-bond acceptors (Lipinski definition) is 8. The number of hydrogen-bond donors (Lipinski definition) is 1. The van der Waals surface area contributed by atoms with Crippen molar-refractivity contribution in [3.63, 3.8) is 0 Å². The summed E-state index contributed by atoms with van der Waals surface area (Å²) in [5.41, 5.74) is 2.16. The van der Waals surface area contributed by atoms with E-state index in [1.807, 2.05) is 6.07 Å². The first kappa shape index (κ1) is 30.7. The van der Waals surface area contributed by atoms with E-state index in [4.69, 9.17) is 17.7 Å². The molecule has 10 nitrogen and oxygen atoms in total. The van der Waals surface area contributed by atoms with Crippen LogP contribution >= 0.6 is 0 Å². The van der Waals surface area contributed by atoms with Gasteiger partial charge >= 0.3 is 17.1 Å². The fraction of sp³-hybridized carbons (Fsp3) is 0.533. The van der Waals surface area contributed by atoms with E-state index < -0.39 is 35.4 Å². The van der Waals surface area contributed by atoms with Crippen molar-refractivity contribution in [2.45, 2.75) is 95.9 Å². The highest BCUT2D eigenvalue weighted by Crippen LogP contribution is 2.48. The van der Waals surface area contributed by atoms with E-state index in [1.165, 1.54) is 6.33 Å². The van der Waals surface area contributed by atoms with Crippen molar-refractivity contribution in [2.24, 2.45) is 0 Å². The topological polar surface area (TPSA) is 113 Å². The fourth-order valence-corrected chi connectivity index (χ4v) is 17.4. The SMILES string of the molecule is CC(C)[Si]1(C(C)C)OC[C@H]2O[C@@H](c3ccc4c(NC(=O)c5ccccc5)ncnn34)C(=O)[C@@H]2O[Si](C(C)C)(C(C)C)O1. The molecule has 0 bridgehead atoms. The molecule has 5 rings (SSSR count). The van der Waals surface area contributed by atoms with E-state index in [-0.39, 0.29) is 40.5 Å². The van der Waals surface area contributed by atoms with Crippen LogP contribution in [0, 0.1) is 0 Å². The number of ketones is 1. The van der Waals surface area contributed by atoms with Gasteiger partial charge < -0.3 is 23.0 Å². The Hall–Kier alpha value is -2.75. The zero-order valence-electron chi connectivity index (χ0n) is 25.7. The molecule has 0 saturated carbocycles. The summed E-state index contributed by atoms with van der Waals surface area (Å²) < 4.78 is 29.0. The predicted molar refractivity (Wildman–Crippen MR) is 164 cm³/mol. The third-order valence-electron chi connectivity index (χ3n) is 8.53. The number of Topliss-reactive ketones (excluding diaryl/α,β-unsaturated/α-hetero) is 1. The predicted octanol–water partition coefficient (Wildman–Crippen LogP) is 5.95. The number of fused-ring (bicyclic) bond motifs is 2. The van der Waals surface area contributed by atoms with Crippen LogP contribution in [0.1, 0.15) is 77.5 Å². The second kappa shape index (κ2) is 11.7. The van der Waals surface area contributed by atoms with E-state index in [0.717, 1.165) is 0 Å². The minimum atomic E-state index is -2.98. The number of aromatic nitrogens is 3. The Morgan fingerprint density at radius 1 is 0.929 bits per heavy atom. The monoisotopic (exact) mass is 610 g/mol. The van der Waals surface area contributed by atoms with E-state index in [0.29, 0.717) is 22.6 Å². The number of anilines is 1. The van der Waals surface area contributed by atoms with Crippen LogP contribution in [0.4, 0.5) is 5.82 Å². The lowest BCUT2D eigenvalue weighted by atomic mass is 10.1. The van der Waals surface area contributed by atoms with Gasteiger partial charge in [0, 0.05) is 5.56 Å². The molecule has 2 aliphatic heterocycles. The zero-order chi connectivity index (χ0) is 30.4. The molecule has 1 N–H and O–H groups in total. The highest BCUT2D eigenvalue weighted by atomic mass is 28.5. The van der Waals surface area contributed by atoms with Crippen molar-refractivity contribution in [3.8, 4) is 0 Å². The average Bonchev–Trinajstić information content (AvgIpc) is 3.49. The number of benzene rings is 1. The van der Waals surface area contributed by atoms with Crippen LogP contribution in [0.25, 0.3) is 5.52 Å². The van der Waals surface area contributed by atoms with Gasteiger partial charge in [-0.25, -0.2) is 9.50 Å². The minimum Gasteiger partial charge on any atom is -0.414 e. The normalized spacial score (nSPS) is 23.9. The summed E-state index contributed by atoms with van der Waals surface area (Å²) in [5.74, 6) is -0.129. The molecule has 1 aromatic carbocycles. The van der Waals surface area contributed by atoms with Crippen LogP contribution in [0.3, 0.4) is 0 Å². The van der Waals surface area contributed by atoms with Crippen molar-refractivity contribution < 1.29 is 27.3 Å². The summed E-state index contributed by atoms with van der Waals surface area (Å²) in [4.78, 5) is 31.2. The van der Waals surface area contributed by atoms with Gasteiger partial charge in [-0.3, -0.25) is 9.59 Å². The summed E-state index contributed by atoms with van der Waals surface area (Å²) in [7, 11) is -5.75. The van der Waals surface area contributed by atoms with Crippen molar-refractivity contribution in [3.05, 3.63) is 60.0 Å². The number of nitrogens with one attached hydrogen (secondary N) is 1. The molecule has 2 aliphatic rings. The number of ether oxygens (including phenoxy) is 1. The third kappa shape index (κ3) is 5.18. The van der Waals surface area contributed by atoms with Gasteiger partial charge in [-0.05, 0) is 46.4 Å².